The third kappa shape index (κ3) is 2.98. The maximum Gasteiger partial charge on any atom is 0.264 e. The minimum atomic E-state index is -3.47. The number of benzene rings is 2. The lowest BCUT2D eigenvalue weighted by Crippen LogP contribution is -2.14. The van der Waals surface area contributed by atoms with Crippen molar-refractivity contribution in [1.82, 2.24) is 0 Å². The van der Waals surface area contributed by atoms with Crippen LogP contribution in [-0.2, 0) is 9.09 Å². The molecule has 0 spiro atoms. The molecule has 2 aromatic carbocycles. The molecule has 106 valence electrons. The average molecular weight is 294 g/mol. The van der Waals surface area contributed by atoms with E-state index in [1.165, 1.54) is 24.3 Å². The molecule has 0 aliphatic carbocycles. The number of rotatable bonds is 5. The van der Waals surface area contributed by atoms with Gasteiger partial charge in [-0.15, -0.1) is 0 Å². The van der Waals surface area contributed by atoms with Crippen molar-refractivity contribution in [1.29, 1.82) is 0 Å². The third-order valence-electron chi connectivity index (χ3n) is 2.93. The zero-order valence-electron chi connectivity index (χ0n) is 11.1. The Morgan fingerprint density at radius 3 is 2.30 bits per heavy atom. The van der Waals surface area contributed by atoms with Crippen molar-refractivity contribution in [3.05, 3.63) is 66.0 Å². The van der Waals surface area contributed by atoms with Gasteiger partial charge in [0.25, 0.3) is 7.37 Å². The average Bonchev–Trinajstić information content (AvgIpc) is 2.48. The molecule has 0 saturated heterocycles. The monoisotopic (exact) mass is 294 g/mol. The van der Waals surface area contributed by atoms with Gasteiger partial charge in [0, 0.05) is 5.30 Å². The predicted octanol–water partition coefficient (Wildman–Crippen LogP) is 3.46. The number of aliphatic hydroxyl groups excluding tert-OH is 1. The maximum atomic E-state index is 13.0. The minimum absolute atomic E-state index is 0.213. The van der Waals surface area contributed by atoms with E-state index in [0.29, 0.717) is 10.9 Å². The van der Waals surface area contributed by atoms with Crippen molar-refractivity contribution in [2.24, 2.45) is 0 Å². The van der Waals surface area contributed by atoms with Crippen molar-refractivity contribution in [2.75, 3.05) is 6.61 Å². The summed E-state index contributed by atoms with van der Waals surface area (Å²) in [4.78, 5) is 0. The van der Waals surface area contributed by atoms with Gasteiger partial charge in [0.15, 0.2) is 5.85 Å². The second-order valence-corrected chi connectivity index (χ2v) is 6.73. The molecule has 3 nitrogen and oxygen atoms in total. The van der Waals surface area contributed by atoms with Gasteiger partial charge >= 0.3 is 0 Å². The second kappa shape index (κ2) is 6.31. The van der Waals surface area contributed by atoms with E-state index in [0.717, 1.165) is 0 Å². The van der Waals surface area contributed by atoms with Crippen LogP contribution in [-0.4, -0.2) is 11.7 Å². The number of hydrogen-bond donors (Lipinski definition) is 1. The summed E-state index contributed by atoms with van der Waals surface area (Å²) in [5.41, 5.74) is 0.368. The van der Waals surface area contributed by atoms with Crippen molar-refractivity contribution < 1.29 is 18.6 Å². The summed E-state index contributed by atoms with van der Waals surface area (Å²) in [6.45, 7) is 1.93. The fraction of sp³-hybridized carbons (Fsp3) is 0.200. The van der Waals surface area contributed by atoms with Crippen molar-refractivity contribution in [3.63, 3.8) is 0 Å². The molecule has 2 aromatic rings. The Balaban J connectivity index is 2.42. The van der Waals surface area contributed by atoms with Gasteiger partial charge < -0.3 is 9.63 Å². The Hall–Kier alpha value is -1.48. The van der Waals surface area contributed by atoms with E-state index in [1.807, 2.05) is 0 Å². The van der Waals surface area contributed by atoms with Gasteiger partial charge in [-0.3, -0.25) is 4.57 Å². The summed E-state index contributed by atoms with van der Waals surface area (Å²) in [6, 6.07) is 13.8. The van der Waals surface area contributed by atoms with Crippen molar-refractivity contribution in [2.45, 2.75) is 12.8 Å². The smallest absolute Gasteiger partial charge is 0.264 e. The highest BCUT2D eigenvalue weighted by Gasteiger charge is 2.35. The molecule has 5 heteroatoms. The Labute approximate surface area is 117 Å². The molecule has 1 N–H and O–H groups in total. The van der Waals surface area contributed by atoms with Gasteiger partial charge in [0.2, 0.25) is 0 Å². The zero-order chi connectivity index (χ0) is 14.6. The molecule has 0 aliphatic heterocycles. The van der Waals surface area contributed by atoms with E-state index in [9.17, 15) is 14.1 Å². The van der Waals surface area contributed by atoms with Gasteiger partial charge in [0.05, 0.1) is 6.61 Å². The first-order chi connectivity index (χ1) is 9.58. The maximum absolute atomic E-state index is 13.0. The zero-order valence-corrected chi connectivity index (χ0v) is 12.0. The lowest BCUT2D eigenvalue weighted by Gasteiger charge is -2.23. The summed E-state index contributed by atoms with van der Waals surface area (Å²) in [5, 5.41) is 10.8. The molecular weight excluding hydrogens is 278 g/mol. The summed E-state index contributed by atoms with van der Waals surface area (Å²) in [5.74, 6) is -1.72. The summed E-state index contributed by atoms with van der Waals surface area (Å²) in [7, 11) is -3.47. The first-order valence-corrected chi connectivity index (χ1v) is 8.00. The van der Waals surface area contributed by atoms with Crippen LogP contribution in [0, 0.1) is 5.82 Å². The van der Waals surface area contributed by atoms with E-state index in [-0.39, 0.29) is 6.61 Å². The first kappa shape index (κ1) is 14.9. The Kier molecular flexibility index (Phi) is 4.71. The standard InChI is InChI=1S/C15H16FO3P/c1-2-19-20(18,14-6-4-3-5-7-14)15(17)12-8-10-13(16)11-9-12/h3-11,15,17H,2H2,1H3/t15-,20+/m0/s1. The van der Waals surface area contributed by atoms with Gasteiger partial charge in [-0.25, -0.2) is 4.39 Å². The molecule has 0 amide bonds. The molecule has 0 saturated carbocycles. The predicted molar refractivity (Wildman–Crippen MR) is 76.7 cm³/mol. The van der Waals surface area contributed by atoms with E-state index in [1.54, 1.807) is 37.3 Å². The molecule has 0 fully saturated rings. The Morgan fingerprint density at radius 1 is 1.15 bits per heavy atom. The first-order valence-electron chi connectivity index (χ1n) is 6.31. The SMILES string of the molecule is CCO[P@](=O)(c1ccccc1)[C@H](O)c1ccc(F)cc1. The van der Waals surface area contributed by atoms with E-state index in [4.69, 9.17) is 4.52 Å². The van der Waals surface area contributed by atoms with E-state index in [2.05, 4.69) is 0 Å². The van der Waals surface area contributed by atoms with Crippen LogP contribution in [0.4, 0.5) is 4.39 Å². The van der Waals surface area contributed by atoms with Gasteiger partial charge in [-0.1, -0.05) is 30.3 Å². The highest BCUT2D eigenvalue weighted by atomic mass is 31.2. The topological polar surface area (TPSA) is 46.5 Å². The summed E-state index contributed by atoms with van der Waals surface area (Å²) in [6.07, 6.45) is 0. The van der Waals surface area contributed by atoms with E-state index < -0.39 is 19.0 Å². The molecule has 0 unspecified atom stereocenters. The fourth-order valence-electron chi connectivity index (χ4n) is 1.95. The quantitative estimate of drug-likeness (QED) is 0.859. The van der Waals surface area contributed by atoms with Crippen molar-refractivity contribution >= 4 is 12.7 Å². The third-order valence-corrected chi connectivity index (χ3v) is 5.53. The van der Waals surface area contributed by atoms with Crippen LogP contribution >= 0.6 is 7.37 Å². The molecule has 0 aliphatic rings. The van der Waals surface area contributed by atoms with Crippen LogP contribution in [0.1, 0.15) is 18.3 Å². The van der Waals surface area contributed by atoms with Crippen LogP contribution in [0.5, 0.6) is 0 Å². The van der Waals surface area contributed by atoms with Gasteiger partial charge in [-0.05, 0) is 36.8 Å². The highest BCUT2D eigenvalue weighted by molar-refractivity contribution is 7.67. The summed E-state index contributed by atoms with van der Waals surface area (Å²) < 4.78 is 31.3. The van der Waals surface area contributed by atoms with Gasteiger partial charge in [-0.2, -0.15) is 0 Å². The number of aliphatic hydroxyl groups is 1. The molecule has 0 aromatic heterocycles. The van der Waals surface area contributed by atoms with Crippen LogP contribution in [0.3, 0.4) is 0 Å². The summed E-state index contributed by atoms with van der Waals surface area (Å²) >= 11 is 0. The van der Waals surface area contributed by atoms with Crippen LogP contribution < -0.4 is 5.30 Å². The molecule has 2 atom stereocenters. The normalized spacial score (nSPS) is 15.6. The molecule has 20 heavy (non-hydrogen) atoms. The lowest BCUT2D eigenvalue weighted by molar-refractivity contribution is 0.218. The Bertz CT molecular complexity index is 598. The number of halogens is 1. The van der Waals surface area contributed by atoms with Crippen LogP contribution in [0.25, 0.3) is 0 Å². The molecular formula is C15H16FO3P. The van der Waals surface area contributed by atoms with E-state index >= 15 is 0 Å². The Morgan fingerprint density at radius 2 is 1.75 bits per heavy atom. The van der Waals surface area contributed by atoms with Crippen LogP contribution in [0.2, 0.25) is 0 Å². The molecule has 2 rings (SSSR count). The van der Waals surface area contributed by atoms with Crippen LogP contribution in [0.15, 0.2) is 54.6 Å². The largest absolute Gasteiger partial charge is 0.378 e. The second-order valence-electron chi connectivity index (χ2n) is 4.28. The van der Waals surface area contributed by atoms with Crippen molar-refractivity contribution in [3.8, 4) is 0 Å². The molecule has 0 radical (unpaired) electrons. The molecule has 0 heterocycles. The molecule has 0 bridgehead atoms. The lowest BCUT2D eigenvalue weighted by atomic mass is 10.2. The fourth-order valence-corrected chi connectivity index (χ4v) is 4.05. The number of hydrogen-bond acceptors (Lipinski definition) is 3. The minimum Gasteiger partial charge on any atom is -0.378 e. The highest BCUT2D eigenvalue weighted by Crippen LogP contribution is 2.57. The van der Waals surface area contributed by atoms with Gasteiger partial charge in [0.1, 0.15) is 5.82 Å².